The molecule has 120 valence electrons. The quantitative estimate of drug-likeness (QED) is 0.861. The van der Waals surface area contributed by atoms with Crippen LogP contribution in [0.3, 0.4) is 0 Å². The van der Waals surface area contributed by atoms with E-state index < -0.39 is 0 Å². The summed E-state index contributed by atoms with van der Waals surface area (Å²) in [5, 5.41) is 5.53. The Balaban J connectivity index is 2.02. The smallest absolute Gasteiger partial charge is 0.251 e. The van der Waals surface area contributed by atoms with E-state index in [4.69, 9.17) is 4.74 Å². The first kappa shape index (κ1) is 16.5. The Labute approximate surface area is 135 Å². The predicted molar refractivity (Wildman–Crippen MR) is 89.8 cm³/mol. The van der Waals surface area contributed by atoms with Gasteiger partial charge in [-0.05, 0) is 42.8 Å². The normalized spacial score (nSPS) is 10.0. The lowest BCUT2D eigenvalue weighted by Crippen LogP contribution is -2.23. The Morgan fingerprint density at radius 1 is 1.09 bits per heavy atom. The summed E-state index contributed by atoms with van der Waals surface area (Å²) in [6.45, 7) is 2.42. The van der Waals surface area contributed by atoms with Crippen molar-refractivity contribution >= 4 is 17.5 Å². The van der Waals surface area contributed by atoms with Crippen molar-refractivity contribution < 1.29 is 14.3 Å². The maximum atomic E-state index is 12.1. The van der Waals surface area contributed by atoms with Crippen molar-refractivity contribution in [1.82, 2.24) is 5.32 Å². The van der Waals surface area contributed by atoms with Crippen LogP contribution < -0.4 is 15.4 Å². The Morgan fingerprint density at radius 2 is 1.87 bits per heavy atom. The van der Waals surface area contributed by atoms with Crippen LogP contribution in [0.4, 0.5) is 5.69 Å². The van der Waals surface area contributed by atoms with Gasteiger partial charge in [0.25, 0.3) is 5.91 Å². The van der Waals surface area contributed by atoms with Crippen molar-refractivity contribution in [2.45, 2.75) is 13.3 Å². The van der Waals surface area contributed by atoms with Crippen LogP contribution in [0.2, 0.25) is 0 Å². The molecule has 0 heterocycles. The van der Waals surface area contributed by atoms with Crippen molar-refractivity contribution in [3.63, 3.8) is 0 Å². The molecule has 0 saturated carbocycles. The second kappa shape index (κ2) is 7.98. The second-order valence-electron chi connectivity index (χ2n) is 5.02. The number of hydrogen-bond donors (Lipinski definition) is 2. The third-order valence-corrected chi connectivity index (χ3v) is 3.24. The van der Waals surface area contributed by atoms with Crippen LogP contribution in [0.25, 0.3) is 0 Å². The second-order valence-corrected chi connectivity index (χ2v) is 5.02. The molecule has 23 heavy (non-hydrogen) atoms. The molecule has 0 bridgehead atoms. The van der Waals surface area contributed by atoms with E-state index in [1.54, 1.807) is 31.4 Å². The van der Waals surface area contributed by atoms with E-state index in [0.29, 0.717) is 23.5 Å². The number of amides is 2. The first-order chi connectivity index (χ1) is 11.1. The molecule has 2 rings (SSSR count). The number of hydrogen-bond acceptors (Lipinski definition) is 3. The first-order valence-electron chi connectivity index (χ1n) is 7.43. The van der Waals surface area contributed by atoms with Crippen molar-refractivity contribution in [2.75, 3.05) is 19.0 Å². The van der Waals surface area contributed by atoms with Gasteiger partial charge in [0.05, 0.1) is 13.5 Å². The van der Waals surface area contributed by atoms with Crippen LogP contribution in [-0.2, 0) is 11.2 Å². The van der Waals surface area contributed by atoms with Crippen molar-refractivity contribution in [2.24, 2.45) is 0 Å². The summed E-state index contributed by atoms with van der Waals surface area (Å²) >= 11 is 0. The van der Waals surface area contributed by atoms with Crippen LogP contribution in [0.5, 0.6) is 5.75 Å². The lowest BCUT2D eigenvalue weighted by atomic mass is 10.1. The van der Waals surface area contributed by atoms with Gasteiger partial charge in [-0.25, -0.2) is 0 Å². The number of carbonyl (C=O) groups excluding carboxylic acids is 2. The monoisotopic (exact) mass is 312 g/mol. The summed E-state index contributed by atoms with van der Waals surface area (Å²) in [6.07, 6.45) is 0.239. The average molecular weight is 312 g/mol. The Morgan fingerprint density at radius 3 is 2.61 bits per heavy atom. The van der Waals surface area contributed by atoms with Crippen LogP contribution in [-0.4, -0.2) is 25.5 Å². The predicted octanol–water partition coefficient (Wildman–Crippen LogP) is 2.63. The fraction of sp³-hybridized carbons (Fsp3) is 0.222. The summed E-state index contributed by atoms with van der Waals surface area (Å²) in [4.78, 5) is 23.9. The van der Waals surface area contributed by atoms with Gasteiger partial charge >= 0.3 is 0 Å². The summed E-state index contributed by atoms with van der Waals surface area (Å²) < 4.78 is 5.14. The summed E-state index contributed by atoms with van der Waals surface area (Å²) in [5.74, 6) is 0.413. The Bertz CT molecular complexity index is 698. The van der Waals surface area contributed by atoms with E-state index in [1.165, 1.54) is 0 Å². The highest BCUT2D eigenvalue weighted by molar-refractivity contribution is 5.97. The van der Waals surface area contributed by atoms with Crippen LogP contribution in [0.1, 0.15) is 22.8 Å². The number of benzene rings is 2. The third-order valence-electron chi connectivity index (χ3n) is 3.24. The van der Waals surface area contributed by atoms with E-state index in [0.717, 1.165) is 5.56 Å². The molecule has 2 N–H and O–H groups in total. The highest BCUT2D eigenvalue weighted by atomic mass is 16.5. The van der Waals surface area contributed by atoms with Crippen LogP contribution in [0, 0.1) is 0 Å². The lowest BCUT2D eigenvalue weighted by molar-refractivity contribution is -0.115. The van der Waals surface area contributed by atoms with E-state index >= 15 is 0 Å². The molecular formula is C18H20N2O3. The molecule has 2 aromatic rings. The minimum Gasteiger partial charge on any atom is -0.497 e. The largest absolute Gasteiger partial charge is 0.497 e. The summed E-state index contributed by atoms with van der Waals surface area (Å²) in [7, 11) is 1.59. The van der Waals surface area contributed by atoms with E-state index in [2.05, 4.69) is 10.6 Å². The molecule has 0 aliphatic carbocycles. The highest BCUT2D eigenvalue weighted by Gasteiger charge is 2.08. The molecule has 2 amide bonds. The van der Waals surface area contributed by atoms with Crippen molar-refractivity contribution in [1.29, 1.82) is 0 Å². The zero-order chi connectivity index (χ0) is 16.7. The van der Waals surface area contributed by atoms with Gasteiger partial charge in [-0.1, -0.05) is 18.2 Å². The number of ether oxygens (including phenoxy) is 1. The number of methoxy groups -OCH3 is 1. The zero-order valence-corrected chi connectivity index (χ0v) is 13.3. The standard InChI is InChI=1S/C18H20N2O3/c1-3-19-18(22)14-7-5-8-15(12-14)20-17(21)11-13-6-4-9-16(10-13)23-2/h4-10,12H,3,11H2,1-2H3,(H,19,22)(H,20,21). The molecule has 0 saturated heterocycles. The minimum absolute atomic E-state index is 0.147. The zero-order valence-electron chi connectivity index (χ0n) is 13.3. The number of carbonyl (C=O) groups is 2. The van der Waals surface area contributed by atoms with Gasteiger partial charge in [0.2, 0.25) is 5.91 Å². The molecule has 5 nitrogen and oxygen atoms in total. The van der Waals surface area contributed by atoms with Crippen LogP contribution in [0.15, 0.2) is 48.5 Å². The van der Waals surface area contributed by atoms with Gasteiger partial charge in [0, 0.05) is 17.8 Å². The van der Waals surface area contributed by atoms with Gasteiger partial charge in [0.15, 0.2) is 0 Å². The fourth-order valence-corrected chi connectivity index (χ4v) is 2.17. The maximum absolute atomic E-state index is 12.1. The van der Waals surface area contributed by atoms with Gasteiger partial charge < -0.3 is 15.4 Å². The van der Waals surface area contributed by atoms with Gasteiger partial charge in [0.1, 0.15) is 5.75 Å². The number of anilines is 1. The molecule has 2 aromatic carbocycles. The topological polar surface area (TPSA) is 67.4 Å². The Hall–Kier alpha value is -2.82. The molecular weight excluding hydrogens is 292 g/mol. The highest BCUT2D eigenvalue weighted by Crippen LogP contribution is 2.15. The van der Waals surface area contributed by atoms with E-state index in [9.17, 15) is 9.59 Å². The molecule has 0 atom stereocenters. The molecule has 0 unspecified atom stereocenters. The van der Waals surface area contributed by atoms with Gasteiger partial charge in [-0.3, -0.25) is 9.59 Å². The minimum atomic E-state index is -0.156. The molecule has 0 fully saturated rings. The number of rotatable bonds is 6. The van der Waals surface area contributed by atoms with Crippen molar-refractivity contribution in [3.05, 3.63) is 59.7 Å². The summed E-state index contributed by atoms with van der Waals surface area (Å²) in [5.41, 5.74) is 1.98. The van der Waals surface area contributed by atoms with Gasteiger partial charge in [-0.2, -0.15) is 0 Å². The van der Waals surface area contributed by atoms with E-state index in [-0.39, 0.29) is 18.2 Å². The molecule has 5 heteroatoms. The SMILES string of the molecule is CCNC(=O)c1cccc(NC(=O)Cc2cccc(OC)c2)c1. The molecule has 0 aliphatic heterocycles. The van der Waals surface area contributed by atoms with Crippen molar-refractivity contribution in [3.8, 4) is 5.75 Å². The van der Waals surface area contributed by atoms with E-state index in [1.807, 2.05) is 31.2 Å². The summed E-state index contributed by atoms with van der Waals surface area (Å²) in [6, 6.07) is 14.2. The fourth-order valence-electron chi connectivity index (χ4n) is 2.17. The van der Waals surface area contributed by atoms with Gasteiger partial charge in [-0.15, -0.1) is 0 Å². The molecule has 0 aromatic heterocycles. The maximum Gasteiger partial charge on any atom is 0.251 e. The first-order valence-corrected chi connectivity index (χ1v) is 7.43. The number of nitrogens with one attached hydrogen (secondary N) is 2. The molecule has 0 radical (unpaired) electrons. The van der Waals surface area contributed by atoms with Crippen LogP contribution >= 0.6 is 0 Å². The lowest BCUT2D eigenvalue weighted by Gasteiger charge is -2.08. The molecule has 0 spiro atoms. The third kappa shape index (κ3) is 4.85. The average Bonchev–Trinajstić information content (AvgIpc) is 2.55. The molecule has 0 aliphatic rings. The Kier molecular flexibility index (Phi) is 5.74.